The van der Waals surface area contributed by atoms with Crippen molar-refractivity contribution in [3.05, 3.63) is 59.2 Å². The highest BCUT2D eigenvalue weighted by molar-refractivity contribution is 6.05. The number of amides is 2. The summed E-state index contributed by atoms with van der Waals surface area (Å²) >= 11 is 0. The van der Waals surface area contributed by atoms with E-state index >= 15 is 0 Å². The molecule has 1 fully saturated rings. The number of methoxy groups -OCH3 is 1. The minimum absolute atomic E-state index is 0.0208. The Morgan fingerprint density at radius 2 is 1.62 bits per heavy atom. The van der Waals surface area contributed by atoms with Crippen LogP contribution in [0, 0.1) is 6.92 Å². The molecule has 1 N–H and O–H groups in total. The fourth-order valence-electron chi connectivity index (χ4n) is 4.03. The molecule has 0 aliphatic carbocycles. The number of benzene rings is 2. The number of nitrogens with zero attached hydrogens (tertiary/aromatic N) is 1. The van der Waals surface area contributed by atoms with Gasteiger partial charge in [0.1, 0.15) is 5.75 Å². The Morgan fingerprint density at radius 3 is 2.25 bits per heavy atom. The van der Waals surface area contributed by atoms with Crippen molar-refractivity contribution in [1.82, 2.24) is 4.90 Å². The van der Waals surface area contributed by atoms with Gasteiger partial charge in [-0.05, 0) is 82.0 Å². The molecule has 32 heavy (non-hydrogen) atoms. The molecule has 0 aromatic heterocycles. The number of carbonyl (C=O) groups is 3. The first kappa shape index (κ1) is 23.3. The van der Waals surface area contributed by atoms with Gasteiger partial charge in [-0.1, -0.05) is 6.07 Å². The van der Waals surface area contributed by atoms with E-state index in [1.165, 1.54) is 7.11 Å². The fourth-order valence-corrected chi connectivity index (χ4v) is 4.03. The van der Waals surface area contributed by atoms with Crippen molar-refractivity contribution in [2.24, 2.45) is 0 Å². The van der Waals surface area contributed by atoms with E-state index in [4.69, 9.17) is 9.47 Å². The zero-order valence-corrected chi connectivity index (χ0v) is 19.0. The van der Waals surface area contributed by atoms with Crippen LogP contribution >= 0.6 is 0 Å². The van der Waals surface area contributed by atoms with Crippen molar-refractivity contribution in [1.29, 1.82) is 0 Å². The second-order valence-electron chi connectivity index (χ2n) is 8.22. The standard InChI is InChI=1S/C25H30N2O5/c1-16-8-9-20(25(30)31-4)14-22(16)26-24(29)19-10-12-21(13-11-19)32-15-23(28)27-17(2)6-5-7-18(27)3/h8-14,17-18H,5-7,15H2,1-4H3,(H,26,29)/t17-,18-/m0/s1. The topological polar surface area (TPSA) is 84.9 Å². The molecule has 170 valence electrons. The smallest absolute Gasteiger partial charge is 0.337 e. The number of hydrogen-bond donors (Lipinski definition) is 1. The van der Waals surface area contributed by atoms with E-state index in [9.17, 15) is 14.4 Å². The summed E-state index contributed by atoms with van der Waals surface area (Å²) in [4.78, 5) is 38.9. The normalized spacial score (nSPS) is 18.1. The maximum atomic E-state index is 12.6. The summed E-state index contributed by atoms with van der Waals surface area (Å²) in [5.74, 6) is -0.276. The van der Waals surface area contributed by atoms with Crippen LogP contribution in [0.15, 0.2) is 42.5 Å². The molecule has 2 atom stereocenters. The van der Waals surface area contributed by atoms with Gasteiger partial charge in [-0.15, -0.1) is 0 Å². The average Bonchev–Trinajstić information content (AvgIpc) is 2.78. The lowest BCUT2D eigenvalue weighted by Gasteiger charge is -2.38. The third-order valence-electron chi connectivity index (χ3n) is 5.87. The van der Waals surface area contributed by atoms with Gasteiger partial charge in [-0.2, -0.15) is 0 Å². The largest absolute Gasteiger partial charge is 0.484 e. The van der Waals surface area contributed by atoms with Crippen molar-refractivity contribution in [3.8, 4) is 5.75 Å². The Hall–Kier alpha value is -3.35. The molecule has 2 aromatic rings. The maximum absolute atomic E-state index is 12.6. The van der Waals surface area contributed by atoms with Crippen LogP contribution in [0.2, 0.25) is 0 Å². The van der Waals surface area contributed by atoms with Crippen LogP contribution in [-0.4, -0.2) is 48.5 Å². The Bertz CT molecular complexity index is 976. The second-order valence-corrected chi connectivity index (χ2v) is 8.22. The Morgan fingerprint density at radius 1 is 1.00 bits per heavy atom. The van der Waals surface area contributed by atoms with Gasteiger partial charge < -0.3 is 19.7 Å². The third kappa shape index (κ3) is 5.46. The van der Waals surface area contributed by atoms with Crippen molar-refractivity contribution in [3.63, 3.8) is 0 Å². The first-order valence-corrected chi connectivity index (χ1v) is 10.8. The number of rotatable bonds is 6. The van der Waals surface area contributed by atoms with Gasteiger partial charge in [0.05, 0.1) is 12.7 Å². The minimum Gasteiger partial charge on any atom is -0.484 e. The number of carbonyl (C=O) groups excluding carboxylic acids is 3. The zero-order valence-electron chi connectivity index (χ0n) is 19.0. The lowest BCUT2D eigenvalue weighted by Crippen LogP contribution is -2.49. The highest BCUT2D eigenvalue weighted by Crippen LogP contribution is 2.23. The average molecular weight is 439 g/mol. The highest BCUT2D eigenvalue weighted by Gasteiger charge is 2.29. The molecule has 1 aliphatic rings. The van der Waals surface area contributed by atoms with Gasteiger partial charge in [0.2, 0.25) is 0 Å². The molecule has 2 aromatic carbocycles. The molecule has 1 aliphatic heterocycles. The van der Waals surface area contributed by atoms with E-state index in [0.717, 1.165) is 24.8 Å². The molecule has 0 spiro atoms. The molecule has 7 nitrogen and oxygen atoms in total. The SMILES string of the molecule is COC(=O)c1ccc(C)c(NC(=O)c2ccc(OCC(=O)N3[C@@H](C)CCC[C@@H]3C)cc2)c1. The summed E-state index contributed by atoms with van der Waals surface area (Å²) in [5.41, 5.74) is 2.16. The molecular weight excluding hydrogens is 408 g/mol. The number of hydrogen-bond acceptors (Lipinski definition) is 5. The molecule has 2 amide bonds. The molecule has 0 radical (unpaired) electrons. The van der Waals surface area contributed by atoms with E-state index in [2.05, 4.69) is 19.2 Å². The third-order valence-corrected chi connectivity index (χ3v) is 5.87. The van der Waals surface area contributed by atoms with Crippen molar-refractivity contribution in [2.75, 3.05) is 19.0 Å². The molecule has 1 heterocycles. The number of ether oxygens (including phenoxy) is 2. The second kappa shape index (κ2) is 10.3. The van der Waals surface area contributed by atoms with E-state index in [1.807, 2.05) is 11.8 Å². The monoisotopic (exact) mass is 438 g/mol. The van der Waals surface area contributed by atoms with Crippen LogP contribution in [0.1, 0.15) is 59.4 Å². The lowest BCUT2D eigenvalue weighted by atomic mass is 9.97. The van der Waals surface area contributed by atoms with Crippen LogP contribution in [0.3, 0.4) is 0 Å². The predicted octanol–water partition coefficient (Wildman–Crippen LogP) is 4.20. The van der Waals surface area contributed by atoms with Gasteiger partial charge in [-0.25, -0.2) is 4.79 Å². The Labute approximate surface area is 188 Å². The molecule has 3 rings (SSSR count). The Balaban J connectivity index is 1.60. The molecule has 0 bridgehead atoms. The number of likely N-dealkylation sites (tertiary alicyclic amines) is 1. The summed E-state index contributed by atoms with van der Waals surface area (Å²) in [7, 11) is 1.31. The first-order chi connectivity index (χ1) is 15.3. The van der Waals surface area contributed by atoms with E-state index in [1.54, 1.807) is 42.5 Å². The van der Waals surface area contributed by atoms with Crippen molar-refractivity contribution in [2.45, 2.75) is 52.1 Å². The molecule has 0 unspecified atom stereocenters. The predicted molar refractivity (Wildman–Crippen MR) is 122 cm³/mol. The van der Waals surface area contributed by atoms with Crippen LogP contribution in [0.25, 0.3) is 0 Å². The molecular formula is C25H30N2O5. The number of esters is 1. The molecule has 7 heteroatoms. The lowest BCUT2D eigenvalue weighted by molar-refractivity contribution is -0.139. The van der Waals surface area contributed by atoms with Crippen LogP contribution in [0.5, 0.6) is 5.75 Å². The van der Waals surface area contributed by atoms with Crippen LogP contribution in [-0.2, 0) is 9.53 Å². The summed E-state index contributed by atoms with van der Waals surface area (Å²) in [5, 5.41) is 2.82. The van der Waals surface area contributed by atoms with Gasteiger partial charge in [0, 0.05) is 23.3 Å². The summed E-state index contributed by atoms with van der Waals surface area (Å²) in [6.45, 7) is 5.96. The number of nitrogens with one attached hydrogen (secondary N) is 1. The quantitative estimate of drug-likeness (QED) is 0.683. The van der Waals surface area contributed by atoms with Crippen molar-refractivity contribution >= 4 is 23.5 Å². The number of piperidine rings is 1. The van der Waals surface area contributed by atoms with Gasteiger partial charge >= 0.3 is 5.97 Å². The number of anilines is 1. The molecule has 1 saturated heterocycles. The highest BCUT2D eigenvalue weighted by atomic mass is 16.5. The summed E-state index contributed by atoms with van der Waals surface area (Å²) < 4.78 is 10.4. The van der Waals surface area contributed by atoms with Crippen LogP contribution in [0.4, 0.5) is 5.69 Å². The minimum atomic E-state index is -0.468. The summed E-state index contributed by atoms with van der Waals surface area (Å²) in [6.07, 6.45) is 3.17. The number of aryl methyl sites for hydroxylation is 1. The summed E-state index contributed by atoms with van der Waals surface area (Å²) in [6, 6.07) is 12.1. The van der Waals surface area contributed by atoms with Crippen LogP contribution < -0.4 is 10.1 Å². The van der Waals surface area contributed by atoms with E-state index in [0.29, 0.717) is 22.6 Å². The van der Waals surface area contributed by atoms with E-state index in [-0.39, 0.29) is 30.5 Å². The van der Waals surface area contributed by atoms with Gasteiger partial charge in [0.25, 0.3) is 11.8 Å². The first-order valence-electron chi connectivity index (χ1n) is 10.8. The molecule has 0 saturated carbocycles. The van der Waals surface area contributed by atoms with Gasteiger partial charge in [0.15, 0.2) is 6.61 Å². The van der Waals surface area contributed by atoms with Gasteiger partial charge in [-0.3, -0.25) is 9.59 Å². The fraction of sp³-hybridized carbons (Fsp3) is 0.400. The van der Waals surface area contributed by atoms with Crippen molar-refractivity contribution < 1.29 is 23.9 Å². The Kier molecular flexibility index (Phi) is 7.51. The zero-order chi connectivity index (χ0) is 23.3. The van der Waals surface area contributed by atoms with E-state index < -0.39 is 5.97 Å². The maximum Gasteiger partial charge on any atom is 0.337 e.